The molecule has 0 bridgehead atoms. The maximum Gasteiger partial charge on any atom is 0.336 e. The standard InChI is InChI=1S/C28H29N3O6/c29-10-7-16(8-11-30)9-12-31-27(34)17-1-4-20(23(13-17)28(35)36)26-21-5-2-18(32)14-24(21)37-25-15-19(33)3-6-22(25)26/h1-6,13-16,32H,7-12,29-30H2,(H,31,34)(H,35,36). The first-order valence-corrected chi connectivity index (χ1v) is 12.1. The number of carbonyl (C=O) groups is 2. The largest absolute Gasteiger partial charge is 0.508 e. The lowest BCUT2D eigenvalue weighted by Gasteiger charge is -2.18. The lowest BCUT2D eigenvalue weighted by atomic mass is 9.90. The van der Waals surface area contributed by atoms with E-state index in [1.165, 1.54) is 30.3 Å². The van der Waals surface area contributed by atoms with E-state index in [2.05, 4.69) is 5.32 Å². The number of phenols is 1. The van der Waals surface area contributed by atoms with Gasteiger partial charge in [0.1, 0.15) is 17.1 Å². The average Bonchev–Trinajstić information content (AvgIpc) is 2.87. The van der Waals surface area contributed by atoms with Crippen LogP contribution in [-0.2, 0) is 0 Å². The Morgan fingerprint density at radius 2 is 1.65 bits per heavy atom. The second-order valence-corrected chi connectivity index (χ2v) is 8.95. The number of rotatable bonds is 10. The van der Waals surface area contributed by atoms with Crippen molar-refractivity contribution in [3.63, 3.8) is 0 Å². The maximum atomic E-state index is 12.8. The predicted octanol–water partition coefficient (Wildman–Crippen LogP) is 3.40. The molecule has 1 amide bonds. The van der Waals surface area contributed by atoms with Crippen LogP contribution < -0.4 is 22.2 Å². The van der Waals surface area contributed by atoms with Gasteiger partial charge >= 0.3 is 5.97 Å². The van der Waals surface area contributed by atoms with Crippen LogP contribution in [0.5, 0.6) is 5.75 Å². The van der Waals surface area contributed by atoms with Gasteiger partial charge in [-0.3, -0.25) is 9.59 Å². The Bertz CT molecular complexity index is 1470. The molecule has 7 N–H and O–H groups in total. The van der Waals surface area contributed by atoms with Crippen LogP contribution in [0, 0.1) is 5.92 Å². The summed E-state index contributed by atoms with van der Waals surface area (Å²) in [5, 5.41) is 23.4. The van der Waals surface area contributed by atoms with Crippen LogP contribution in [0.15, 0.2) is 63.8 Å². The van der Waals surface area contributed by atoms with Crippen molar-refractivity contribution in [2.45, 2.75) is 19.3 Å². The molecule has 4 rings (SSSR count). The molecule has 0 spiro atoms. The average molecular weight is 504 g/mol. The van der Waals surface area contributed by atoms with E-state index in [9.17, 15) is 24.6 Å². The number of hydrogen-bond donors (Lipinski definition) is 5. The van der Waals surface area contributed by atoms with E-state index in [0.29, 0.717) is 47.6 Å². The van der Waals surface area contributed by atoms with E-state index in [1.807, 2.05) is 0 Å². The molecule has 1 aliphatic carbocycles. The minimum atomic E-state index is -1.21. The number of fused-ring (bicyclic) bond motifs is 2. The topological polar surface area (TPSA) is 169 Å². The molecule has 0 radical (unpaired) electrons. The number of phenolic OH excluding ortho intramolecular Hbond substituents is 1. The first-order chi connectivity index (χ1) is 17.8. The summed E-state index contributed by atoms with van der Waals surface area (Å²) in [6, 6.07) is 13.3. The van der Waals surface area contributed by atoms with Gasteiger partial charge in [-0.15, -0.1) is 0 Å². The van der Waals surface area contributed by atoms with Crippen molar-refractivity contribution in [1.82, 2.24) is 5.32 Å². The van der Waals surface area contributed by atoms with Crippen molar-refractivity contribution in [2.24, 2.45) is 17.4 Å². The van der Waals surface area contributed by atoms with Crippen LogP contribution in [0.2, 0.25) is 0 Å². The van der Waals surface area contributed by atoms with E-state index < -0.39 is 5.97 Å². The van der Waals surface area contributed by atoms with Gasteiger partial charge in [-0.25, -0.2) is 4.79 Å². The number of carbonyl (C=O) groups excluding carboxylic acids is 1. The van der Waals surface area contributed by atoms with Crippen LogP contribution in [0.3, 0.4) is 0 Å². The van der Waals surface area contributed by atoms with Gasteiger partial charge in [0.15, 0.2) is 5.43 Å². The highest BCUT2D eigenvalue weighted by molar-refractivity contribution is 6.09. The van der Waals surface area contributed by atoms with Gasteiger partial charge in [-0.1, -0.05) is 6.07 Å². The first-order valence-electron chi connectivity index (χ1n) is 12.1. The normalized spacial score (nSPS) is 11.3. The summed E-state index contributed by atoms with van der Waals surface area (Å²) in [6.45, 7) is 1.52. The fourth-order valence-electron chi connectivity index (χ4n) is 4.63. The predicted molar refractivity (Wildman–Crippen MR) is 141 cm³/mol. The van der Waals surface area contributed by atoms with Crippen LogP contribution in [0.4, 0.5) is 0 Å². The molecule has 2 aliphatic rings. The molecule has 0 unspecified atom stereocenters. The molecular formula is C28H29N3O6. The van der Waals surface area contributed by atoms with Crippen LogP contribution in [0.25, 0.3) is 33.4 Å². The summed E-state index contributed by atoms with van der Waals surface area (Å²) in [4.78, 5) is 37.1. The highest BCUT2D eigenvalue weighted by atomic mass is 16.4. The van der Waals surface area contributed by atoms with E-state index in [-0.39, 0.29) is 39.6 Å². The first kappa shape index (κ1) is 25.9. The monoisotopic (exact) mass is 503 g/mol. The molecule has 9 heteroatoms. The minimum absolute atomic E-state index is 0.0366. The van der Waals surface area contributed by atoms with Crippen molar-refractivity contribution in [3.05, 3.63) is 75.9 Å². The van der Waals surface area contributed by atoms with Crippen molar-refractivity contribution in [3.8, 4) is 28.2 Å². The van der Waals surface area contributed by atoms with Gasteiger partial charge in [-0.05, 0) is 80.2 Å². The summed E-state index contributed by atoms with van der Waals surface area (Å²) >= 11 is 0. The molecule has 37 heavy (non-hydrogen) atoms. The van der Waals surface area contributed by atoms with Crippen molar-refractivity contribution < 1.29 is 24.2 Å². The molecule has 2 aromatic rings. The third kappa shape index (κ3) is 5.63. The summed E-state index contributed by atoms with van der Waals surface area (Å²) in [7, 11) is 0. The molecule has 0 saturated heterocycles. The third-order valence-electron chi connectivity index (χ3n) is 6.45. The molecule has 0 saturated carbocycles. The zero-order valence-electron chi connectivity index (χ0n) is 20.2. The molecule has 192 valence electrons. The van der Waals surface area contributed by atoms with Gasteiger partial charge < -0.3 is 31.4 Å². The van der Waals surface area contributed by atoms with E-state index in [1.54, 1.807) is 24.3 Å². The Morgan fingerprint density at radius 3 is 2.35 bits per heavy atom. The van der Waals surface area contributed by atoms with E-state index in [0.717, 1.165) is 19.3 Å². The minimum Gasteiger partial charge on any atom is -0.508 e. The smallest absolute Gasteiger partial charge is 0.336 e. The number of benzene rings is 3. The number of carboxylic acids is 1. The fourth-order valence-corrected chi connectivity index (χ4v) is 4.63. The van der Waals surface area contributed by atoms with Crippen molar-refractivity contribution in [1.29, 1.82) is 0 Å². The van der Waals surface area contributed by atoms with Gasteiger partial charge in [0.2, 0.25) is 0 Å². The summed E-state index contributed by atoms with van der Waals surface area (Å²) in [6.07, 6.45) is 2.37. The Morgan fingerprint density at radius 1 is 0.919 bits per heavy atom. The number of hydrogen-bond acceptors (Lipinski definition) is 7. The lowest BCUT2D eigenvalue weighted by molar-refractivity contribution is 0.0697. The number of amides is 1. The van der Waals surface area contributed by atoms with E-state index in [4.69, 9.17) is 15.9 Å². The highest BCUT2D eigenvalue weighted by Gasteiger charge is 2.23. The Labute approximate surface area is 213 Å². The molecule has 0 atom stereocenters. The Hall–Kier alpha value is -4.21. The van der Waals surface area contributed by atoms with Crippen LogP contribution in [-0.4, -0.2) is 41.7 Å². The second kappa shape index (κ2) is 11.2. The third-order valence-corrected chi connectivity index (χ3v) is 6.45. The lowest BCUT2D eigenvalue weighted by Crippen LogP contribution is -2.27. The van der Waals surface area contributed by atoms with Crippen molar-refractivity contribution >= 4 is 22.8 Å². The Balaban J connectivity index is 1.73. The molecule has 0 aromatic heterocycles. The fraction of sp³-hybridized carbons (Fsp3) is 0.250. The number of carboxylic acid groups (broad SMARTS) is 1. The van der Waals surface area contributed by atoms with Crippen molar-refractivity contribution in [2.75, 3.05) is 19.6 Å². The number of nitrogens with one attached hydrogen (secondary N) is 1. The summed E-state index contributed by atoms with van der Waals surface area (Å²) < 4.78 is 5.84. The van der Waals surface area contributed by atoms with Gasteiger partial charge in [0.25, 0.3) is 5.91 Å². The summed E-state index contributed by atoms with van der Waals surface area (Å²) in [5.74, 6) is -1.07. The molecule has 0 fully saturated rings. The van der Waals surface area contributed by atoms with Gasteiger partial charge in [0.05, 0.1) is 5.56 Å². The highest BCUT2D eigenvalue weighted by Crippen LogP contribution is 2.42. The molecule has 2 aromatic carbocycles. The van der Waals surface area contributed by atoms with E-state index >= 15 is 0 Å². The molecular weight excluding hydrogens is 474 g/mol. The van der Waals surface area contributed by atoms with Gasteiger partial charge in [0, 0.05) is 40.8 Å². The van der Waals surface area contributed by atoms with Gasteiger partial charge in [-0.2, -0.15) is 0 Å². The summed E-state index contributed by atoms with van der Waals surface area (Å²) in [5.41, 5.74) is 12.9. The number of aromatic hydroxyl groups is 1. The van der Waals surface area contributed by atoms with Crippen LogP contribution in [0.1, 0.15) is 40.0 Å². The number of aromatic carboxylic acids is 1. The quantitative estimate of drug-likeness (QED) is 0.205. The molecule has 1 heterocycles. The maximum absolute atomic E-state index is 12.8. The Kier molecular flexibility index (Phi) is 7.86. The second-order valence-electron chi connectivity index (χ2n) is 8.95. The SMILES string of the molecule is NCCC(CCN)CCNC(=O)c1ccc(-c2c3ccc(=O)cc-3oc3cc(O)ccc23)c(C(=O)O)c1. The zero-order chi connectivity index (χ0) is 26.5. The number of nitrogens with two attached hydrogens (primary N) is 2. The molecule has 1 aliphatic heterocycles. The van der Waals surface area contributed by atoms with Crippen LogP contribution >= 0.6 is 0 Å². The zero-order valence-corrected chi connectivity index (χ0v) is 20.2. The molecule has 9 nitrogen and oxygen atoms in total.